The van der Waals surface area contributed by atoms with Crippen molar-refractivity contribution in [3.63, 3.8) is 0 Å². The van der Waals surface area contributed by atoms with E-state index in [9.17, 15) is 0 Å². The van der Waals surface area contributed by atoms with Crippen LogP contribution in [0, 0.1) is 5.41 Å². The normalized spacial score (nSPS) is 23.4. The van der Waals surface area contributed by atoms with Gasteiger partial charge in [0, 0.05) is 31.5 Å². The highest BCUT2D eigenvalue weighted by atomic mass is 79.9. The quantitative estimate of drug-likeness (QED) is 0.900. The Labute approximate surface area is 111 Å². The second-order valence-electron chi connectivity index (χ2n) is 5.39. The Hall–Kier alpha value is -0.680. The largest absolute Gasteiger partial charge is 0.353 e. The highest BCUT2D eigenvalue weighted by Crippen LogP contribution is 2.26. The summed E-state index contributed by atoms with van der Waals surface area (Å²) >= 11 is 3.32. The number of halogens is 1. The zero-order chi connectivity index (χ0) is 12.3. The van der Waals surface area contributed by atoms with E-state index >= 15 is 0 Å². The molecule has 2 heterocycles. The molecule has 0 aromatic carbocycles. The van der Waals surface area contributed by atoms with E-state index in [4.69, 9.17) is 0 Å². The van der Waals surface area contributed by atoms with Crippen LogP contribution in [-0.2, 0) is 0 Å². The first kappa shape index (κ1) is 12.8. The third-order valence-corrected chi connectivity index (χ3v) is 3.58. The maximum Gasteiger partial charge on any atom is 0.222 e. The van der Waals surface area contributed by atoms with Gasteiger partial charge in [-0.3, -0.25) is 0 Å². The van der Waals surface area contributed by atoms with Crippen molar-refractivity contribution in [2.45, 2.75) is 32.7 Å². The molecular formula is C12H19BrN4. The molecule has 2 rings (SSSR count). The van der Waals surface area contributed by atoms with Gasteiger partial charge in [0.05, 0.1) is 4.47 Å². The molecule has 0 spiro atoms. The number of aromatic nitrogens is 2. The van der Waals surface area contributed by atoms with E-state index in [1.165, 1.54) is 12.8 Å². The molecule has 5 heteroatoms. The summed E-state index contributed by atoms with van der Waals surface area (Å²) in [6.45, 7) is 6.58. The zero-order valence-electron chi connectivity index (χ0n) is 10.3. The van der Waals surface area contributed by atoms with Crippen LogP contribution in [0.1, 0.15) is 26.7 Å². The van der Waals surface area contributed by atoms with Crippen LogP contribution in [0.15, 0.2) is 16.9 Å². The topological polar surface area (TPSA) is 49.8 Å². The van der Waals surface area contributed by atoms with Gasteiger partial charge in [0.2, 0.25) is 5.95 Å². The molecule has 0 radical (unpaired) electrons. The lowest BCUT2D eigenvalue weighted by molar-refractivity contribution is 0.227. The van der Waals surface area contributed by atoms with Crippen LogP contribution >= 0.6 is 15.9 Å². The fraction of sp³-hybridized carbons (Fsp3) is 0.667. The molecule has 1 unspecified atom stereocenters. The second-order valence-corrected chi connectivity index (χ2v) is 6.30. The molecule has 1 aliphatic rings. The minimum atomic E-state index is 0.435. The third-order valence-electron chi connectivity index (χ3n) is 3.17. The molecular weight excluding hydrogens is 280 g/mol. The first-order valence-electron chi connectivity index (χ1n) is 6.00. The van der Waals surface area contributed by atoms with E-state index in [1.807, 2.05) is 0 Å². The number of rotatable bonds is 3. The van der Waals surface area contributed by atoms with Crippen LogP contribution in [0.4, 0.5) is 5.95 Å². The number of hydrogen-bond donors (Lipinski definition) is 2. The second kappa shape index (κ2) is 5.31. The summed E-state index contributed by atoms with van der Waals surface area (Å²) < 4.78 is 0.903. The van der Waals surface area contributed by atoms with Crippen molar-refractivity contribution >= 4 is 21.9 Å². The predicted octanol–water partition coefficient (Wildman–Crippen LogP) is 2.43. The Kier molecular flexibility index (Phi) is 3.99. The van der Waals surface area contributed by atoms with Crippen LogP contribution in [-0.4, -0.2) is 29.1 Å². The summed E-state index contributed by atoms with van der Waals surface area (Å²) in [6.07, 6.45) is 5.99. The third kappa shape index (κ3) is 3.92. The molecule has 1 fully saturated rings. The van der Waals surface area contributed by atoms with Gasteiger partial charge < -0.3 is 10.6 Å². The molecule has 1 aromatic heterocycles. The van der Waals surface area contributed by atoms with Crippen molar-refractivity contribution in [3.05, 3.63) is 16.9 Å². The van der Waals surface area contributed by atoms with Gasteiger partial charge in [0.15, 0.2) is 0 Å². The average molecular weight is 299 g/mol. The van der Waals surface area contributed by atoms with Gasteiger partial charge in [-0.25, -0.2) is 9.97 Å². The molecule has 1 aromatic rings. The standard InChI is InChI=1S/C12H19BrN4/c1-12(2)4-3-10(17-8-12)7-16-11-14-5-9(13)6-15-11/h5-6,10,17H,3-4,7-8H2,1-2H3,(H,14,15,16). The number of nitrogens with one attached hydrogen (secondary N) is 2. The fourth-order valence-corrected chi connectivity index (χ4v) is 2.17. The van der Waals surface area contributed by atoms with Crippen LogP contribution < -0.4 is 10.6 Å². The number of piperidine rings is 1. The molecule has 94 valence electrons. The van der Waals surface area contributed by atoms with Gasteiger partial charge in [-0.1, -0.05) is 13.8 Å². The van der Waals surface area contributed by atoms with Gasteiger partial charge >= 0.3 is 0 Å². The number of hydrogen-bond acceptors (Lipinski definition) is 4. The smallest absolute Gasteiger partial charge is 0.222 e. The Balaban J connectivity index is 1.78. The predicted molar refractivity (Wildman–Crippen MR) is 73.0 cm³/mol. The van der Waals surface area contributed by atoms with Crippen LogP contribution in [0.5, 0.6) is 0 Å². The van der Waals surface area contributed by atoms with Crippen molar-refractivity contribution in [1.82, 2.24) is 15.3 Å². The molecule has 0 bridgehead atoms. The minimum Gasteiger partial charge on any atom is -0.353 e. The summed E-state index contributed by atoms with van der Waals surface area (Å²) in [6, 6.07) is 0.523. The zero-order valence-corrected chi connectivity index (χ0v) is 11.9. The van der Waals surface area contributed by atoms with Crippen molar-refractivity contribution in [2.75, 3.05) is 18.4 Å². The maximum atomic E-state index is 4.19. The molecule has 0 aliphatic carbocycles. The summed E-state index contributed by atoms with van der Waals surface area (Å²) in [5.74, 6) is 0.694. The van der Waals surface area contributed by atoms with E-state index in [2.05, 4.69) is 50.4 Å². The van der Waals surface area contributed by atoms with E-state index in [1.54, 1.807) is 12.4 Å². The Morgan fingerprint density at radius 2 is 2.18 bits per heavy atom. The molecule has 0 amide bonds. The lowest BCUT2D eigenvalue weighted by Crippen LogP contribution is -2.46. The summed E-state index contributed by atoms with van der Waals surface area (Å²) in [5, 5.41) is 6.83. The molecule has 1 aliphatic heterocycles. The maximum absolute atomic E-state index is 4.19. The fourth-order valence-electron chi connectivity index (χ4n) is 1.97. The molecule has 2 N–H and O–H groups in total. The Morgan fingerprint density at radius 3 is 2.76 bits per heavy atom. The van der Waals surface area contributed by atoms with E-state index in [-0.39, 0.29) is 0 Å². The Bertz CT molecular complexity index is 353. The minimum absolute atomic E-state index is 0.435. The highest BCUT2D eigenvalue weighted by Gasteiger charge is 2.25. The Morgan fingerprint density at radius 1 is 1.47 bits per heavy atom. The van der Waals surface area contributed by atoms with Gasteiger partial charge in [-0.15, -0.1) is 0 Å². The van der Waals surface area contributed by atoms with Gasteiger partial charge in [-0.2, -0.15) is 0 Å². The van der Waals surface area contributed by atoms with Crippen molar-refractivity contribution in [3.8, 4) is 0 Å². The van der Waals surface area contributed by atoms with E-state index in [0.717, 1.165) is 17.6 Å². The van der Waals surface area contributed by atoms with Gasteiger partial charge in [-0.05, 0) is 34.2 Å². The lowest BCUT2D eigenvalue weighted by Gasteiger charge is -2.35. The van der Waals surface area contributed by atoms with Gasteiger partial charge in [0.1, 0.15) is 0 Å². The first-order valence-corrected chi connectivity index (χ1v) is 6.79. The molecule has 1 saturated heterocycles. The first-order chi connectivity index (χ1) is 8.05. The summed E-state index contributed by atoms with van der Waals surface area (Å²) in [5.41, 5.74) is 0.435. The van der Waals surface area contributed by atoms with E-state index in [0.29, 0.717) is 17.4 Å². The number of nitrogens with zero attached hydrogens (tertiary/aromatic N) is 2. The SMILES string of the molecule is CC1(C)CCC(CNc2ncc(Br)cn2)NC1. The van der Waals surface area contributed by atoms with Crippen molar-refractivity contribution < 1.29 is 0 Å². The molecule has 0 saturated carbocycles. The average Bonchev–Trinajstić information content (AvgIpc) is 2.30. The number of anilines is 1. The van der Waals surface area contributed by atoms with Crippen LogP contribution in [0.25, 0.3) is 0 Å². The lowest BCUT2D eigenvalue weighted by atomic mass is 9.82. The molecule has 17 heavy (non-hydrogen) atoms. The van der Waals surface area contributed by atoms with Crippen molar-refractivity contribution in [1.29, 1.82) is 0 Å². The summed E-state index contributed by atoms with van der Waals surface area (Å²) in [4.78, 5) is 8.39. The van der Waals surface area contributed by atoms with Gasteiger partial charge in [0.25, 0.3) is 0 Å². The molecule has 1 atom stereocenters. The summed E-state index contributed by atoms with van der Waals surface area (Å²) in [7, 11) is 0. The van der Waals surface area contributed by atoms with E-state index < -0.39 is 0 Å². The highest BCUT2D eigenvalue weighted by molar-refractivity contribution is 9.10. The molecule has 4 nitrogen and oxygen atoms in total. The van der Waals surface area contributed by atoms with Crippen molar-refractivity contribution in [2.24, 2.45) is 5.41 Å². The van der Waals surface area contributed by atoms with Crippen LogP contribution in [0.3, 0.4) is 0 Å². The monoisotopic (exact) mass is 298 g/mol. The van der Waals surface area contributed by atoms with Crippen LogP contribution in [0.2, 0.25) is 0 Å².